The van der Waals surface area contributed by atoms with Crippen LogP contribution in [0.3, 0.4) is 0 Å². The van der Waals surface area contributed by atoms with E-state index in [9.17, 15) is 4.79 Å². The van der Waals surface area contributed by atoms with E-state index >= 15 is 0 Å². The Kier molecular flexibility index (Phi) is 4.94. The van der Waals surface area contributed by atoms with E-state index in [2.05, 4.69) is 10.2 Å². The number of ether oxygens (including phenoxy) is 1. The van der Waals surface area contributed by atoms with Crippen molar-refractivity contribution in [2.24, 2.45) is 0 Å². The van der Waals surface area contributed by atoms with Crippen LogP contribution in [0.1, 0.15) is 15.9 Å². The van der Waals surface area contributed by atoms with Crippen LogP contribution in [-0.4, -0.2) is 36.8 Å². The number of aryl methyl sites for hydroxylation is 1. The van der Waals surface area contributed by atoms with Gasteiger partial charge in [-0.2, -0.15) is 0 Å². The molecule has 0 radical (unpaired) electrons. The fraction of sp³-hybridized carbons (Fsp3) is 0.227. The Labute approximate surface area is 159 Å². The normalized spacial score (nSPS) is 14.2. The van der Waals surface area contributed by atoms with E-state index in [4.69, 9.17) is 4.74 Å². The van der Waals surface area contributed by atoms with Gasteiger partial charge in [0.25, 0.3) is 5.91 Å². The smallest absolute Gasteiger partial charge is 0.255 e. The van der Waals surface area contributed by atoms with Gasteiger partial charge in [0.05, 0.1) is 24.6 Å². The van der Waals surface area contributed by atoms with Crippen molar-refractivity contribution in [2.45, 2.75) is 6.92 Å². The van der Waals surface area contributed by atoms with Gasteiger partial charge in [-0.1, -0.05) is 18.2 Å². The first-order valence-corrected chi connectivity index (χ1v) is 9.19. The van der Waals surface area contributed by atoms with Crippen molar-refractivity contribution in [1.82, 2.24) is 4.57 Å². The number of rotatable bonds is 4. The fourth-order valence-electron chi connectivity index (χ4n) is 3.38. The molecule has 1 saturated heterocycles. The number of amides is 1. The van der Waals surface area contributed by atoms with Crippen molar-refractivity contribution in [3.05, 3.63) is 78.1 Å². The second-order valence-corrected chi connectivity index (χ2v) is 6.66. The summed E-state index contributed by atoms with van der Waals surface area (Å²) in [5.41, 5.74) is 4.63. The van der Waals surface area contributed by atoms with Crippen LogP contribution >= 0.6 is 0 Å². The van der Waals surface area contributed by atoms with Crippen LogP contribution in [0.5, 0.6) is 0 Å². The summed E-state index contributed by atoms with van der Waals surface area (Å²) in [5.74, 6) is -0.107. The maximum Gasteiger partial charge on any atom is 0.255 e. The van der Waals surface area contributed by atoms with E-state index in [1.54, 1.807) is 0 Å². The largest absolute Gasteiger partial charge is 0.378 e. The van der Waals surface area contributed by atoms with Crippen molar-refractivity contribution in [3.8, 4) is 5.69 Å². The number of anilines is 2. The van der Waals surface area contributed by atoms with Gasteiger partial charge in [0, 0.05) is 36.7 Å². The lowest BCUT2D eigenvalue weighted by Crippen LogP contribution is -2.36. The van der Waals surface area contributed by atoms with Crippen LogP contribution in [0, 0.1) is 6.92 Å². The van der Waals surface area contributed by atoms with Gasteiger partial charge in [0.15, 0.2) is 0 Å². The zero-order chi connectivity index (χ0) is 18.6. The molecule has 0 bridgehead atoms. The van der Waals surface area contributed by atoms with E-state index in [0.717, 1.165) is 35.7 Å². The van der Waals surface area contributed by atoms with Crippen molar-refractivity contribution in [1.29, 1.82) is 0 Å². The average molecular weight is 361 g/mol. The first-order valence-electron chi connectivity index (χ1n) is 9.19. The van der Waals surface area contributed by atoms with Crippen molar-refractivity contribution in [3.63, 3.8) is 0 Å². The number of para-hydroxylation sites is 2. The molecule has 0 spiro atoms. The lowest BCUT2D eigenvalue weighted by Gasteiger charge is -2.30. The quantitative estimate of drug-likeness (QED) is 0.767. The summed E-state index contributed by atoms with van der Waals surface area (Å²) in [6.45, 7) is 5.12. The molecule has 1 aliphatic rings. The first-order chi connectivity index (χ1) is 13.2. The lowest BCUT2D eigenvalue weighted by atomic mass is 10.1. The van der Waals surface area contributed by atoms with Gasteiger partial charge in [-0.15, -0.1) is 0 Å². The molecular formula is C22H23N3O2. The molecule has 1 N–H and O–H groups in total. The number of nitrogens with zero attached hydrogens (tertiary/aromatic N) is 2. The SMILES string of the molecule is Cc1ccc(C(=O)Nc2ccccc2N2CCOCC2)cc1-n1cccc1. The zero-order valence-electron chi connectivity index (χ0n) is 15.4. The number of morpholine rings is 1. The first kappa shape index (κ1) is 17.4. The number of carbonyl (C=O) groups excluding carboxylic acids is 1. The van der Waals surface area contributed by atoms with Gasteiger partial charge in [-0.05, 0) is 48.9 Å². The fourth-order valence-corrected chi connectivity index (χ4v) is 3.38. The molecule has 1 amide bonds. The Bertz CT molecular complexity index is 928. The molecule has 2 aromatic carbocycles. The van der Waals surface area contributed by atoms with E-state index in [1.807, 2.05) is 78.5 Å². The third-order valence-corrected chi connectivity index (χ3v) is 4.86. The Balaban J connectivity index is 1.59. The van der Waals surface area contributed by atoms with E-state index in [-0.39, 0.29) is 5.91 Å². The maximum absolute atomic E-state index is 12.9. The van der Waals surface area contributed by atoms with E-state index in [0.29, 0.717) is 18.8 Å². The average Bonchev–Trinajstić information content (AvgIpc) is 3.24. The van der Waals surface area contributed by atoms with Gasteiger partial charge in [-0.25, -0.2) is 0 Å². The third-order valence-electron chi connectivity index (χ3n) is 4.86. The molecule has 3 aromatic rings. The van der Waals surface area contributed by atoms with Crippen LogP contribution in [-0.2, 0) is 4.74 Å². The number of aromatic nitrogens is 1. The molecule has 1 aliphatic heterocycles. The lowest BCUT2D eigenvalue weighted by molar-refractivity contribution is 0.102. The van der Waals surface area contributed by atoms with Gasteiger partial charge in [0.2, 0.25) is 0 Å². The minimum atomic E-state index is -0.107. The summed E-state index contributed by atoms with van der Waals surface area (Å²) in [5, 5.41) is 3.09. The molecule has 27 heavy (non-hydrogen) atoms. The highest BCUT2D eigenvalue weighted by molar-refractivity contribution is 6.06. The summed E-state index contributed by atoms with van der Waals surface area (Å²) >= 11 is 0. The number of hydrogen-bond donors (Lipinski definition) is 1. The van der Waals surface area contributed by atoms with Crippen LogP contribution < -0.4 is 10.2 Å². The maximum atomic E-state index is 12.9. The summed E-state index contributed by atoms with van der Waals surface area (Å²) in [4.78, 5) is 15.2. The van der Waals surface area contributed by atoms with Crippen molar-refractivity contribution >= 4 is 17.3 Å². The molecular weight excluding hydrogens is 338 g/mol. The minimum absolute atomic E-state index is 0.107. The molecule has 4 rings (SSSR count). The van der Waals surface area contributed by atoms with E-state index in [1.165, 1.54) is 0 Å². The molecule has 1 aromatic heterocycles. The molecule has 5 heteroatoms. The predicted octanol–water partition coefficient (Wildman–Crippen LogP) is 3.87. The topological polar surface area (TPSA) is 46.5 Å². The highest BCUT2D eigenvalue weighted by Gasteiger charge is 2.16. The number of nitrogens with one attached hydrogen (secondary N) is 1. The standard InChI is InChI=1S/C22H23N3O2/c1-17-8-9-18(16-21(17)24-10-4-5-11-24)22(26)23-19-6-2-3-7-20(19)25-12-14-27-15-13-25/h2-11,16H,12-15H2,1H3,(H,23,26). The summed E-state index contributed by atoms with van der Waals surface area (Å²) in [6.07, 6.45) is 3.97. The zero-order valence-corrected chi connectivity index (χ0v) is 15.4. The number of carbonyl (C=O) groups is 1. The van der Waals surface area contributed by atoms with Crippen molar-refractivity contribution in [2.75, 3.05) is 36.5 Å². The predicted molar refractivity (Wildman–Crippen MR) is 108 cm³/mol. The van der Waals surface area contributed by atoms with Gasteiger partial charge in [-0.3, -0.25) is 4.79 Å². The molecule has 1 fully saturated rings. The molecule has 0 unspecified atom stereocenters. The molecule has 2 heterocycles. The Morgan fingerprint density at radius 3 is 2.48 bits per heavy atom. The number of hydrogen-bond acceptors (Lipinski definition) is 3. The number of benzene rings is 2. The van der Waals surface area contributed by atoms with Crippen LogP contribution in [0.4, 0.5) is 11.4 Å². The summed E-state index contributed by atoms with van der Waals surface area (Å²) in [7, 11) is 0. The Hall–Kier alpha value is -3.05. The van der Waals surface area contributed by atoms with Gasteiger partial charge < -0.3 is 19.5 Å². The highest BCUT2D eigenvalue weighted by Crippen LogP contribution is 2.27. The van der Waals surface area contributed by atoms with Gasteiger partial charge >= 0.3 is 0 Å². The van der Waals surface area contributed by atoms with Crippen molar-refractivity contribution < 1.29 is 9.53 Å². The monoisotopic (exact) mass is 361 g/mol. The minimum Gasteiger partial charge on any atom is -0.378 e. The second kappa shape index (κ2) is 7.68. The second-order valence-electron chi connectivity index (χ2n) is 6.66. The molecule has 138 valence electrons. The van der Waals surface area contributed by atoms with E-state index < -0.39 is 0 Å². The highest BCUT2D eigenvalue weighted by atomic mass is 16.5. The Morgan fingerprint density at radius 1 is 0.963 bits per heavy atom. The Morgan fingerprint density at radius 2 is 1.70 bits per heavy atom. The summed E-state index contributed by atoms with van der Waals surface area (Å²) in [6, 6.07) is 17.7. The van der Waals surface area contributed by atoms with Crippen LogP contribution in [0.25, 0.3) is 5.69 Å². The van der Waals surface area contributed by atoms with Crippen LogP contribution in [0.15, 0.2) is 67.0 Å². The third kappa shape index (κ3) is 3.73. The summed E-state index contributed by atoms with van der Waals surface area (Å²) < 4.78 is 7.46. The molecule has 0 aliphatic carbocycles. The molecule has 0 atom stereocenters. The van der Waals surface area contributed by atoms with Gasteiger partial charge in [0.1, 0.15) is 0 Å². The molecule has 5 nitrogen and oxygen atoms in total. The van der Waals surface area contributed by atoms with Crippen LogP contribution in [0.2, 0.25) is 0 Å². The molecule has 0 saturated carbocycles.